The molecule has 7 rings (SSSR count). The average molecular weight is 835 g/mol. The maximum absolute atomic E-state index is 6.40. The van der Waals surface area contributed by atoms with Crippen LogP contribution in [-0.4, -0.2) is 9.97 Å². The smallest absolute Gasteiger partial charge is 0.121 e. The van der Waals surface area contributed by atoms with Gasteiger partial charge in [0, 0.05) is 37.9 Å². The van der Waals surface area contributed by atoms with Crippen molar-refractivity contribution in [3.05, 3.63) is 154 Å². The fourth-order valence-electron chi connectivity index (χ4n) is 6.31. The van der Waals surface area contributed by atoms with Crippen LogP contribution in [0.1, 0.15) is 66.6 Å². The van der Waals surface area contributed by atoms with E-state index < -0.39 is 0 Å². The van der Waals surface area contributed by atoms with Crippen LogP contribution in [0.3, 0.4) is 0 Å². The van der Waals surface area contributed by atoms with E-state index in [-0.39, 0.29) is 20.1 Å². The van der Waals surface area contributed by atoms with E-state index in [1.807, 2.05) is 24.5 Å². The number of hydrogen-bond donors (Lipinski definition) is 0. The third-order valence-corrected chi connectivity index (χ3v) is 8.93. The van der Waals surface area contributed by atoms with Gasteiger partial charge in [0.1, 0.15) is 5.58 Å². The fourth-order valence-corrected chi connectivity index (χ4v) is 6.31. The van der Waals surface area contributed by atoms with Crippen molar-refractivity contribution in [2.75, 3.05) is 0 Å². The van der Waals surface area contributed by atoms with Gasteiger partial charge in [-0.3, -0.25) is 0 Å². The topological polar surface area (TPSA) is 38.9 Å². The standard InChI is InChI=1S/C29H26NO.C17H20N.Ir/c1-19(2)14-23-17-27(30-18-20(23)3)26-11-7-10-25-24-13-12-22(16-28(24)31-29(25)26)15-21-8-5-4-6-9-21;1-12(2)9-16-10-17(18-11-14(16)4)15-7-5-13(3)6-8-15;/h4-10,12-13,16-19H,14-15H2,1-3H3;5-7,10-12H,9H2,1-4H3;/q2*-1;. The van der Waals surface area contributed by atoms with Gasteiger partial charge in [-0.2, -0.15) is 0 Å². The van der Waals surface area contributed by atoms with E-state index in [2.05, 4.69) is 144 Å². The average Bonchev–Trinajstić information content (AvgIpc) is 3.46. The molecule has 0 aliphatic heterocycles. The molecule has 0 spiro atoms. The van der Waals surface area contributed by atoms with E-state index in [0.29, 0.717) is 11.8 Å². The number of rotatable bonds is 8. The summed E-state index contributed by atoms with van der Waals surface area (Å²) >= 11 is 0. The van der Waals surface area contributed by atoms with E-state index in [1.165, 1.54) is 38.9 Å². The number of furan rings is 1. The van der Waals surface area contributed by atoms with Crippen molar-refractivity contribution >= 4 is 21.9 Å². The monoisotopic (exact) mass is 835 g/mol. The van der Waals surface area contributed by atoms with Gasteiger partial charge >= 0.3 is 0 Å². The summed E-state index contributed by atoms with van der Waals surface area (Å²) in [4.78, 5) is 9.23. The first-order valence-corrected chi connectivity index (χ1v) is 17.4. The van der Waals surface area contributed by atoms with Crippen LogP contribution in [0.25, 0.3) is 44.5 Å². The molecule has 0 aliphatic carbocycles. The largest absolute Gasteiger partial charge is 0.501 e. The zero-order valence-electron chi connectivity index (χ0n) is 30.2. The molecule has 0 N–H and O–H groups in total. The van der Waals surface area contributed by atoms with Crippen molar-refractivity contribution in [3.63, 3.8) is 0 Å². The van der Waals surface area contributed by atoms with Crippen LogP contribution in [0.5, 0.6) is 0 Å². The van der Waals surface area contributed by atoms with Crippen LogP contribution in [0.4, 0.5) is 0 Å². The summed E-state index contributed by atoms with van der Waals surface area (Å²) in [5.74, 6) is 1.27. The maximum atomic E-state index is 6.40. The van der Waals surface area contributed by atoms with Gasteiger partial charge < -0.3 is 14.4 Å². The number of aromatic nitrogens is 2. The molecule has 1 radical (unpaired) electrons. The fraction of sp³-hybridized carbons (Fsp3) is 0.261. The third-order valence-electron chi connectivity index (χ3n) is 8.93. The number of benzene rings is 4. The molecule has 50 heavy (non-hydrogen) atoms. The number of fused-ring (bicyclic) bond motifs is 3. The van der Waals surface area contributed by atoms with Crippen molar-refractivity contribution in [2.45, 2.75) is 67.7 Å². The molecule has 3 heterocycles. The molecule has 0 saturated heterocycles. The van der Waals surface area contributed by atoms with Crippen LogP contribution in [0, 0.1) is 44.7 Å². The predicted octanol–water partition coefficient (Wildman–Crippen LogP) is 11.9. The van der Waals surface area contributed by atoms with Gasteiger partial charge in [0.15, 0.2) is 0 Å². The number of pyridine rings is 2. The molecular weight excluding hydrogens is 789 g/mol. The Labute approximate surface area is 311 Å². The molecular formula is C46H46IrN2O-2. The van der Waals surface area contributed by atoms with E-state index >= 15 is 0 Å². The molecule has 0 amide bonds. The molecule has 4 heteroatoms. The van der Waals surface area contributed by atoms with Crippen molar-refractivity contribution < 1.29 is 24.5 Å². The summed E-state index contributed by atoms with van der Waals surface area (Å²) in [5.41, 5.74) is 14.8. The van der Waals surface area contributed by atoms with E-state index in [4.69, 9.17) is 9.40 Å². The second kappa shape index (κ2) is 16.6. The van der Waals surface area contributed by atoms with E-state index in [0.717, 1.165) is 63.7 Å². The van der Waals surface area contributed by atoms with Gasteiger partial charge in [-0.05, 0) is 84.7 Å². The van der Waals surface area contributed by atoms with Gasteiger partial charge in [0.05, 0.1) is 5.58 Å². The van der Waals surface area contributed by atoms with Crippen LogP contribution in [-0.2, 0) is 39.4 Å². The first-order valence-electron chi connectivity index (χ1n) is 17.4. The molecule has 0 atom stereocenters. The number of nitrogens with zero attached hydrogens (tertiary/aromatic N) is 2. The van der Waals surface area contributed by atoms with Gasteiger partial charge in [-0.15, -0.1) is 53.6 Å². The summed E-state index contributed by atoms with van der Waals surface area (Å²) in [7, 11) is 0. The summed E-state index contributed by atoms with van der Waals surface area (Å²) in [6.45, 7) is 15.3. The molecule has 0 unspecified atom stereocenters. The molecule has 4 aromatic carbocycles. The Balaban J connectivity index is 0.000000219. The Morgan fingerprint density at radius 3 is 1.96 bits per heavy atom. The zero-order valence-corrected chi connectivity index (χ0v) is 32.6. The minimum absolute atomic E-state index is 0. The minimum Gasteiger partial charge on any atom is -0.501 e. The predicted molar refractivity (Wildman–Crippen MR) is 205 cm³/mol. The Morgan fingerprint density at radius 2 is 1.32 bits per heavy atom. The molecule has 0 aliphatic rings. The summed E-state index contributed by atoms with van der Waals surface area (Å²) in [6, 6.07) is 38.4. The molecule has 3 nitrogen and oxygen atoms in total. The van der Waals surface area contributed by atoms with E-state index in [9.17, 15) is 0 Å². The Morgan fingerprint density at radius 1 is 0.660 bits per heavy atom. The zero-order chi connectivity index (χ0) is 34.5. The van der Waals surface area contributed by atoms with Crippen molar-refractivity contribution in [3.8, 4) is 22.5 Å². The van der Waals surface area contributed by atoms with Gasteiger partial charge in [-0.1, -0.05) is 111 Å². The van der Waals surface area contributed by atoms with Gasteiger partial charge in [0.25, 0.3) is 0 Å². The Hall–Kier alpha value is -4.37. The Kier molecular flexibility index (Phi) is 12.2. The van der Waals surface area contributed by atoms with Crippen molar-refractivity contribution in [1.29, 1.82) is 0 Å². The number of aryl methyl sites for hydroxylation is 3. The first-order chi connectivity index (χ1) is 23.6. The molecule has 257 valence electrons. The SMILES string of the molecule is Cc1c[c-]c(-c2cc(CC(C)C)c(C)cn2)cc1.Cc1cnc(-c2[c-]ccc3c2oc2cc(Cc4ccccc4)ccc23)cc1CC(C)C.[Ir]. The van der Waals surface area contributed by atoms with Crippen molar-refractivity contribution in [1.82, 2.24) is 9.97 Å². The number of hydrogen-bond acceptors (Lipinski definition) is 3. The molecule has 0 saturated carbocycles. The van der Waals surface area contributed by atoms with E-state index in [1.54, 1.807) is 0 Å². The van der Waals surface area contributed by atoms with Crippen LogP contribution in [0.15, 0.2) is 108 Å². The molecule has 3 aromatic heterocycles. The van der Waals surface area contributed by atoms with Crippen LogP contribution >= 0.6 is 0 Å². The summed E-state index contributed by atoms with van der Waals surface area (Å²) in [6.07, 6.45) is 6.99. The maximum Gasteiger partial charge on any atom is 0.121 e. The second-order valence-electron chi connectivity index (χ2n) is 14.2. The Bertz CT molecular complexity index is 2180. The van der Waals surface area contributed by atoms with Gasteiger partial charge in [0.2, 0.25) is 0 Å². The van der Waals surface area contributed by atoms with Crippen molar-refractivity contribution in [2.24, 2.45) is 11.8 Å². The summed E-state index contributed by atoms with van der Waals surface area (Å²) < 4.78 is 6.40. The van der Waals surface area contributed by atoms with Crippen LogP contribution < -0.4 is 0 Å². The first kappa shape index (κ1) is 36.9. The normalized spacial score (nSPS) is 11.1. The second-order valence-corrected chi connectivity index (χ2v) is 14.2. The minimum atomic E-state index is 0. The molecule has 0 bridgehead atoms. The summed E-state index contributed by atoms with van der Waals surface area (Å²) in [5, 5.41) is 2.25. The van der Waals surface area contributed by atoms with Gasteiger partial charge in [-0.25, -0.2) is 0 Å². The van der Waals surface area contributed by atoms with Crippen LogP contribution in [0.2, 0.25) is 0 Å². The molecule has 7 aromatic rings. The third kappa shape index (κ3) is 8.85. The quantitative estimate of drug-likeness (QED) is 0.143. The molecule has 0 fully saturated rings.